The van der Waals surface area contributed by atoms with E-state index in [1.807, 2.05) is 0 Å². The Morgan fingerprint density at radius 3 is 2.00 bits per heavy atom. The van der Waals surface area contributed by atoms with Crippen LogP contribution in [0.2, 0.25) is 0 Å². The van der Waals surface area contributed by atoms with E-state index in [0.29, 0.717) is 5.88 Å². The van der Waals surface area contributed by atoms with E-state index in [1.165, 1.54) is 0 Å². The van der Waals surface area contributed by atoms with Gasteiger partial charge in [0.05, 0.1) is 0 Å². The summed E-state index contributed by atoms with van der Waals surface area (Å²) in [6, 6.07) is 0. The number of hydrogen-bond donors (Lipinski definition) is 0. The average Bonchev–Trinajstić information content (AvgIpc) is 1.37. The molecular weight excluding hydrogens is 123 g/mol. The van der Waals surface area contributed by atoms with E-state index in [2.05, 4.69) is 6.58 Å². The number of allylic oxidation sites excluding steroid dienone is 1. The third-order valence-corrected chi connectivity index (χ3v) is 0.327. The summed E-state index contributed by atoms with van der Waals surface area (Å²) in [5.74, 6) is 0.556. The minimum absolute atomic E-state index is 0. The van der Waals surface area contributed by atoms with E-state index in [0.717, 1.165) is 0 Å². The second kappa shape index (κ2) is 8.82. The van der Waals surface area contributed by atoms with E-state index in [4.69, 9.17) is 11.6 Å². The summed E-state index contributed by atoms with van der Waals surface area (Å²) < 4.78 is 0. The molecule has 0 rings (SSSR count). The SMILES string of the molecule is C=CCCl.[Cr]. The van der Waals surface area contributed by atoms with Crippen molar-refractivity contribution >= 4 is 11.6 Å². The van der Waals surface area contributed by atoms with Gasteiger partial charge in [-0.15, -0.1) is 18.2 Å². The molecule has 0 radical (unpaired) electrons. The maximum atomic E-state index is 5.07. The van der Waals surface area contributed by atoms with Crippen LogP contribution >= 0.6 is 11.6 Å². The molecule has 0 saturated heterocycles. The van der Waals surface area contributed by atoms with Crippen molar-refractivity contribution in [1.82, 2.24) is 0 Å². The summed E-state index contributed by atoms with van der Waals surface area (Å²) in [6.07, 6.45) is 1.64. The largest absolute Gasteiger partial charge is 0.122 e. The van der Waals surface area contributed by atoms with E-state index in [9.17, 15) is 0 Å². The van der Waals surface area contributed by atoms with Crippen LogP contribution in [0.25, 0.3) is 0 Å². The fourth-order valence-electron chi connectivity index (χ4n) is 0. The van der Waals surface area contributed by atoms with Gasteiger partial charge in [-0.1, -0.05) is 6.08 Å². The van der Waals surface area contributed by atoms with Crippen LogP contribution in [-0.4, -0.2) is 5.88 Å². The smallest absolute Gasteiger partial charge is 0.0401 e. The zero-order valence-corrected chi connectivity index (χ0v) is 4.81. The van der Waals surface area contributed by atoms with Gasteiger partial charge >= 0.3 is 0 Å². The van der Waals surface area contributed by atoms with Crippen LogP contribution in [0, 0.1) is 0 Å². The Morgan fingerprint density at radius 2 is 2.00 bits per heavy atom. The van der Waals surface area contributed by atoms with Crippen molar-refractivity contribution in [2.24, 2.45) is 0 Å². The summed E-state index contributed by atoms with van der Waals surface area (Å²) in [5.41, 5.74) is 0. The van der Waals surface area contributed by atoms with Crippen LogP contribution in [0.1, 0.15) is 0 Å². The summed E-state index contributed by atoms with van der Waals surface area (Å²) in [7, 11) is 0. The van der Waals surface area contributed by atoms with Gasteiger partial charge in [0.2, 0.25) is 0 Å². The second-order valence-corrected chi connectivity index (χ2v) is 0.752. The fraction of sp³-hybridized carbons (Fsp3) is 0.333. The molecule has 5 heavy (non-hydrogen) atoms. The molecule has 0 aromatic rings. The normalized spacial score (nSPS) is 5.00. The van der Waals surface area contributed by atoms with Crippen LogP contribution in [-0.2, 0) is 17.4 Å². The van der Waals surface area contributed by atoms with Gasteiger partial charge in [-0.05, 0) is 0 Å². The first-order chi connectivity index (χ1) is 1.91. The quantitative estimate of drug-likeness (QED) is 0.370. The number of alkyl halides is 1. The first-order valence-corrected chi connectivity index (χ1v) is 1.62. The van der Waals surface area contributed by atoms with Crippen LogP contribution in [0.3, 0.4) is 0 Å². The molecule has 0 aromatic heterocycles. The van der Waals surface area contributed by atoms with Gasteiger partial charge in [0.25, 0.3) is 0 Å². The van der Waals surface area contributed by atoms with Crippen LogP contribution in [0.5, 0.6) is 0 Å². The van der Waals surface area contributed by atoms with Crippen LogP contribution < -0.4 is 0 Å². The maximum absolute atomic E-state index is 5.07. The van der Waals surface area contributed by atoms with E-state index in [-0.39, 0.29) is 17.4 Å². The van der Waals surface area contributed by atoms with E-state index in [1.54, 1.807) is 6.08 Å². The molecule has 0 atom stereocenters. The maximum Gasteiger partial charge on any atom is 0.0401 e. The predicted octanol–water partition coefficient (Wildman–Crippen LogP) is 1.41. The molecule has 0 spiro atoms. The molecule has 0 heterocycles. The van der Waals surface area contributed by atoms with Gasteiger partial charge in [-0.2, -0.15) is 0 Å². The molecule has 0 aliphatic carbocycles. The molecule has 0 unspecified atom stereocenters. The topological polar surface area (TPSA) is 0 Å². The van der Waals surface area contributed by atoms with Crippen LogP contribution in [0.4, 0.5) is 0 Å². The predicted molar refractivity (Wildman–Crippen MR) is 20.9 cm³/mol. The molecule has 0 fully saturated rings. The first-order valence-electron chi connectivity index (χ1n) is 1.08. The molecule has 0 saturated carbocycles. The van der Waals surface area contributed by atoms with Gasteiger partial charge < -0.3 is 0 Å². The summed E-state index contributed by atoms with van der Waals surface area (Å²) in [5, 5.41) is 0. The van der Waals surface area contributed by atoms with Gasteiger partial charge in [0.15, 0.2) is 0 Å². The number of rotatable bonds is 1. The molecule has 0 aliphatic rings. The molecule has 0 aromatic carbocycles. The van der Waals surface area contributed by atoms with E-state index >= 15 is 0 Å². The molecular formula is C3H5ClCr. The van der Waals surface area contributed by atoms with Crippen molar-refractivity contribution in [3.05, 3.63) is 12.7 Å². The molecule has 0 amide bonds. The second-order valence-electron chi connectivity index (χ2n) is 0.443. The van der Waals surface area contributed by atoms with Crippen molar-refractivity contribution in [3.63, 3.8) is 0 Å². The Kier molecular flexibility index (Phi) is 16.1. The van der Waals surface area contributed by atoms with Gasteiger partial charge in [0, 0.05) is 23.2 Å². The monoisotopic (exact) mass is 128 g/mol. The minimum atomic E-state index is 0. The Bertz CT molecular complexity index is 20.9. The summed E-state index contributed by atoms with van der Waals surface area (Å²) in [6.45, 7) is 3.35. The van der Waals surface area contributed by atoms with Crippen molar-refractivity contribution in [2.45, 2.75) is 0 Å². The third kappa shape index (κ3) is 12.3. The van der Waals surface area contributed by atoms with Gasteiger partial charge in [0.1, 0.15) is 0 Å². The number of hydrogen-bond acceptors (Lipinski definition) is 0. The molecule has 0 aliphatic heterocycles. The summed E-state index contributed by atoms with van der Waals surface area (Å²) in [4.78, 5) is 0. The first kappa shape index (κ1) is 9.12. The molecule has 0 nitrogen and oxygen atoms in total. The molecule has 30 valence electrons. The average molecular weight is 129 g/mol. The Labute approximate surface area is 48.0 Å². The van der Waals surface area contributed by atoms with Gasteiger partial charge in [-0.3, -0.25) is 0 Å². The Hall–Kier alpha value is 0.562. The Balaban J connectivity index is 0. The van der Waals surface area contributed by atoms with Crippen molar-refractivity contribution in [1.29, 1.82) is 0 Å². The third-order valence-electron chi connectivity index (χ3n) is 0.109. The Morgan fingerprint density at radius 1 is 1.80 bits per heavy atom. The standard InChI is InChI=1S/C3H5Cl.Cr/c1-2-3-4;/h2H,1,3H2;. The molecule has 0 bridgehead atoms. The number of halogens is 1. The summed E-state index contributed by atoms with van der Waals surface area (Å²) >= 11 is 5.07. The molecule has 2 heteroatoms. The molecule has 0 N–H and O–H groups in total. The van der Waals surface area contributed by atoms with Crippen molar-refractivity contribution < 1.29 is 17.4 Å². The van der Waals surface area contributed by atoms with E-state index < -0.39 is 0 Å². The van der Waals surface area contributed by atoms with Crippen molar-refractivity contribution in [3.8, 4) is 0 Å². The minimum Gasteiger partial charge on any atom is -0.122 e. The zero-order valence-electron chi connectivity index (χ0n) is 2.78. The van der Waals surface area contributed by atoms with Gasteiger partial charge in [-0.25, -0.2) is 0 Å². The van der Waals surface area contributed by atoms with Crippen molar-refractivity contribution in [2.75, 3.05) is 5.88 Å². The fourth-order valence-corrected chi connectivity index (χ4v) is 0. The van der Waals surface area contributed by atoms with Crippen LogP contribution in [0.15, 0.2) is 12.7 Å². The zero-order chi connectivity index (χ0) is 3.41.